The molecule has 2 nitrogen and oxygen atoms in total. The average molecular weight is 501 g/mol. The van der Waals surface area contributed by atoms with E-state index in [4.69, 9.17) is 0 Å². The number of hydrogen-bond donors (Lipinski definition) is 1. The number of nitrogens with zero attached hydrogens (tertiary/aromatic N) is 1. The molecule has 0 fully saturated rings. The Kier molecular flexibility index (Phi) is 5.91. The van der Waals surface area contributed by atoms with Crippen molar-refractivity contribution in [3.8, 4) is 0 Å². The minimum Gasteiger partial charge on any atom is -0.355 e. The Balaban J connectivity index is 1.40. The maximum absolute atomic E-state index is 3.65. The Morgan fingerprint density at radius 2 is 0.846 bits per heavy atom. The number of para-hydroxylation sites is 2. The van der Waals surface area contributed by atoms with E-state index in [-0.39, 0.29) is 5.92 Å². The molecule has 0 aliphatic rings. The van der Waals surface area contributed by atoms with E-state index in [0.29, 0.717) is 0 Å². The molecular weight excluding hydrogens is 472 g/mol. The molecule has 1 N–H and O–H groups in total. The van der Waals surface area contributed by atoms with Gasteiger partial charge in [0.2, 0.25) is 0 Å². The van der Waals surface area contributed by atoms with E-state index in [1.54, 1.807) is 0 Å². The average Bonchev–Trinajstić information content (AvgIpc) is 3.37. The van der Waals surface area contributed by atoms with Crippen LogP contribution in [0.25, 0.3) is 21.8 Å². The number of fused-ring (bicyclic) bond motifs is 3. The molecule has 39 heavy (non-hydrogen) atoms. The summed E-state index contributed by atoms with van der Waals surface area (Å²) >= 11 is 0. The second kappa shape index (κ2) is 10.00. The molecule has 7 aromatic rings. The summed E-state index contributed by atoms with van der Waals surface area (Å²) in [6.07, 6.45) is 0. The highest BCUT2D eigenvalue weighted by molar-refractivity contribution is 6.09. The third-order valence-corrected chi connectivity index (χ3v) is 7.49. The van der Waals surface area contributed by atoms with Crippen LogP contribution in [0.3, 0.4) is 0 Å². The third kappa shape index (κ3) is 4.36. The summed E-state index contributed by atoms with van der Waals surface area (Å²) in [6.45, 7) is 0. The van der Waals surface area contributed by atoms with Crippen molar-refractivity contribution in [2.45, 2.75) is 5.92 Å². The monoisotopic (exact) mass is 500 g/mol. The predicted molar refractivity (Wildman–Crippen MR) is 164 cm³/mol. The van der Waals surface area contributed by atoms with Crippen molar-refractivity contribution < 1.29 is 0 Å². The lowest BCUT2D eigenvalue weighted by molar-refractivity contribution is 0.980. The maximum atomic E-state index is 3.65. The van der Waals surface area contributed by atoms with Crippen molar-refractivity contribution >= 4 is 38.9 Å². The molecule has 0 spiro atoms. The molecule has 0 bridgehead atoms. The van der Waals surface area contributed by atoms with Gasteiger partial charge in [0.1, 0.15) is 0 Å². The van der Waals surface area contributed by atoms with Gasteiger partial charge in [-0.3, -0.25) is 0 Å². The topological polar surface area (TPSA) is 19.0 Å². The summed E-state index contributed by atoms with van der Waals surface area (Å²) in [5.41, 5.74) is 9.57. The smallest absolute Gasteiger partial charge is 0.0469 e. The van der Waals surface area contributed by atoms with Crippen LogP contribution in [0, 0.1) is 0 Å². The first-order valence-corrected chi connectivity index (χ1v) is 13.4. The quantitative estimate of drug-likeness (QED) is 0.225. The summed E-state index contributed by atoms with van der Waals surface area (Å²) in [7, 11) is 0. The summed E-state index contributed by atoms with van der Waals surface area (Å²) in [5.74, 6) is 0.162. The molecule has 1 aromatic heterocycles. The normalized spacial score (nSPS) is 11.3. The van der Waals surface area contributed by atoms with E-state index < -0.39 is 0 Å². The summed E-state index contributed by atoms with van der Waals surface area (Å²) in [5, 5.41) is 2.46. The number of nitrogens with one attached hydrogen (secondary N) is 1. The lowest BCUT2D eigenvalue weighted by Gasteiger charge is -2.25. The van der Waals surface area contributed by atoms with Crippen LogP contribution in [0.15, 0.2) is 158 Å². The fourth-order valence-electron chi connectivity index (χ4n) is 5.69. The molecule has 1 heterocycles. The van der Waals surface area contributed by atoms with E-state index in [0.717, 1.165) is 28.1 Å². The summed E-state index contributed by atoms with van der Waals surface area (Å²) in [4.78, 5) is 5.97. The van der Waals surface area contributed by atoms with Crippen molar-refractivity contribution in [1.29, 1.82) is 0 Å². The van der Waals surface area contributed by atoms with Crippen LogP contribution in [0.2, 0.25) is 0 Å². The van der Waals surface area contributed by atoms with Gasteiger partial charge in [-0.2, -0.15) is 0 Å². The van der Waals surface area contributed by atoms with Crippen LogP contribution in [-0.4, -0.2) is 4.98 Å². The Morgan fingerprint density at radius 3 is 1.38 bits per heavy atom. The number of anilines is 3. The first-order valence-electron chi connectivity index (χ1n) is 13.4. The number of aromatic amines is 1. The minimum absolute atomic E-state index is 0.162. The van der Waals surface area contributed by atoms with Crippen LogP contribution in [0.1, 0.15) is 22.6 Å². The van der Waals surface area contributed by atoms with Gasteiger partial charge in [0.05, 0.1) is 0 Å². The van der Waals surface area contributed by atoms with Gasteiger partial charge in [0.15, 0.2) is 0 Å². The van der Waals surface area contributed by atoms with Gasteiger partial charge >= 0.3 is 0 Å². The highest BCUT2D eigenvalue weighted by Crippen LogP contribution is 2.39. The molecule has 0 saturated heterocycles. The molecule has 186 valence electrons. The molecule has 0 amide bonds. The SMILES string of the molecule is c1ccc(C(c2ccccc2)c2ccc3[nH]c4ccc(N(c5ccccc5)c5ccccc5)cc4c3c2)cc1. The summed E-state index contributed by atoms with van der Waals surface area (Å²) < 4.78 is 0. The first-order chi connectivity index (χ1) is 19.3. The lowest BCUT2D eigenvalue weighted by atomic mass is 9.84. The zero-order chi connectivity index (χ0) is 26.0. The van der Waals surface area contributed by atoms with E-state index in [2.05, 4.69) is 168 Å². The predicted octanol–water partition coefficient (Wildman–Crippen LogP) is 9.97. The number of rotatable bonds is 6. The van der Waals surface area contributed by atoms with Crippen molar-refractivity contribution in [2.24, 2.45) is 0 Å². The number of hydrogen-bond acceptors (Lipinski definition) is 1. The van der Waals surface area contributed by atoms with Crippen molar-refractivity contribution in [3.05, 3.63) is 174 Å². The molecule has 7 rings (SSSR count). The molecule has 0 radical (unpaired) electrons. The second-order valence-corrected chi connectivity index (χ2v) is 9.92. The van der Waals surface area contributed by atoms with Crippen molar-refractivity contribution in [2.75, 3.05) is 4.90 Å². The third-order valence-electron chi connectivity index (χ3n) is 7.49. The van der Waals surface area contributed by atoms with Gasteiger partial charge in [-0.15, -0.1) is 0 Å². The van der Waals surface area contributed by atoms with Crippen LogP contribution < -0.4 is 4.90 Å². The Bertz CT molecular complexity index is 1620. The minimum atomic E-state index is 0.162. The highest BCUT2D eigenvalue weighted by Gasteiger charge is 2.19. The van der Waals surface area contributed by atoms with Crippen LogP contribution in [0.4, 0.5) is 17.1 Å². The Morgan fingerprint density at radius 1 is 0.385 bits per heavy atom. The van der Waals surface area contributed by atoms with Crippen molar-refractivity contribution in [1.82, 2.24) is 4.98 Å². The molecule has 0 aliphatic carbocycles. The Labute approximate surface area is 228 Å². The van der Waals surface area contributed by atoms with Crippen LogP contribution in [-0.2, 0) is 0 Å². The van der Waals surface area contributed by atoms with E-state index in [1.165, 1.54) is 27.5 Å². The van der Waals surface area contributed by atoms with E-state index in [1.807, 2.05) is 0 Å². The fourth-order valence-corrected chi connectivity index (χ4v) is 5.69. The van der Waals surface area contributed by atoms with Crippen molar-refractivity contribution in [3.63, 3.8) is 0 Å². The molecular formula is C37H28N2. The van der Waals surface area contributed by atoms with E-state index >= 15 is 0 Å². The number of H-pyrrole nitrogens is 1. The molecule has 0 unspecified atom stereocenters. The van der Waals surface area contributed by atoms with Gasteiger partial charge in [-0.1, -0.05) is 103 Å². The molecule has 6 aromatic carbocycles. The van der Waals surface area contributed by atoms with Crippen LogP contribution in [0.5, 0.6) is 0 Å². The fraction of sp³-hybridized carbons (Fsp3) is 0.0270. The zero-order valence-corrected chi connectivity index (χ0v) is 21.5. The largest absolute Gasteiger partial charge is 0.355 e. The zero-order valence-electron chi connectivity index (χ0n) is 21.5. The standard InChI is InChI=1S/C37H28N2/c1-5-13-27(14-6-1)37(28-15-7-2-8-16-28)29-21-23-35-33(25-29)34-26-32(22-24-36(34)38-35)39(30-17-9-3-10-18-30)31-19-11-4-12-20-31/h1-26,37-38H. The lowest BCUT2D eigenvalue weighted by Crippen LogP contribution is -2.09. The van der Waals surface area contributed by atoms with E-state index in [9.17, 15) is 0 Å². The van der Waals surface area contributed by atoms with Gasteiger partial charge in [-0.25, -0.2) is 0 Å². The molecule has 0 atom stereocenters. The van der Waals surface area contributed by atoms with Crippen LogP contribution >= 0.6 is 0 Å². The maximum Gasteiger partial charge on any atom is 0.0469 e. The molecule has 0 aliphatic heterocycles. The second-order valence-electron chi connectivity index (χ2n) is 9.92. The highest BCUT2D eigenvalue weighted by atomic mass is 15.1. The molecule has 0 saturated carbocycles. The number of aromatic nitrogens is 1. The van der Waals surface area contributed by atoms with Gasteiger partial charge < -0.3 is 9.88 Å². The van der Waals surface area contributed by atoms with Gasteiger partial charge in [0.25, 0.3) is 0 Å². The van der Waals surface area contributed by atoms with Gasteiger partial charge in [-0.05, 0) is 71.3 Å². The van der Waals surface area contributed by atoms with Gasteiger partial charge in [0, 0.05) is 44.8 Å². The first kappa shape index (κ1) is 23.1. The molecule has 2 heteroatoms. The Hall–Kier alpha value is -5.08. The number of benzene rings is 6. The summed E-state index contributed by atoms with van der Waals surface area (Å²) in [6, 6.07) is 56.3.